The molecule has 124 valence electrons. The van der Waals surface area contributed by atoms with Gasteiger partial charge in [0.2, 0.25) is 6.29 Å². The van der Waals surface area contributed by atoms with Gasteiger partial charge in [0.15, 0.2) is 11.2 Å². The lowest BCUT2D eigenvalue weighted by Crippen LogP contribution is -2.55. The van der Waals surface area contributed by atoms with Gasteiger partial charge in [0.05, 0.1) is 23.7 Å². The van der Waals surface area contributed by atoms with Gasteiger partial charge >= 0.3 is 0 Å². The molecule has 2 aromatic rings. The molecule has 0 radical (unpaired) electrons. The highest BCUT2D eigenvalue weighted by Crippen LogP contribution is 2.56. The summed E-state index contributed by atoms with van der Waals surface area (Å²) in [6.45, 7) is 6.01. The number of hydrogen-bond donors (Lipinski definition) is 0. The average Bonchev–Trinajstić information content (AvgIpc) is 2.99. The highest BCUT2D eigenvalue weighted by atomic mass is 16.7. The molecule has 2 aliphatic heterocycles. The maximum atomic E-state index is 13.5. The van der Waals surface area contributed by atoms with Gasteiger partial charge in [0.1, 0.15) is 5.75 Å². The van der Waals surface area contributed by atoms with Gasteiger partial charge in [-0.3, -0.25) is 4.79 Å². The van der Waals surface area contributed by atoms with Crippen LogP contribution in [-0.4, -0.2) is 18.7 Å². The Hall–Kier alpha value is -2.90. The highest BCUT2D eigenvalue weighted by molar-refractivity contribution is 6.07. The lowest BCUT2D eigenvalue weighted by atomic mass is 9.58. The molecule has 1 saturated heterocycles. The molecule has 0 aromatic heterocycles. The standard InChI is InChI=1S/C21H17NO3/c1-3-20(15-7-5-4-6-8-15)13-24-19-21(20,12-22)18(23)16-11-14(2)9-10-17(16)25-19/h3-11,19H,1,13H2,2H3/t19?,20-,21?/m1/s1. The van der Waals surface area contributed by atoms with Gasteiger partial charge in [-0.15, -0.1) is 6.58 Å². The van der Waals surface area contributed by atoms with Crippen LogP contribution in [0.15, 0.2) is 61.2 Å². The zero-order valence-electron chi connectivity index (χ0n) is 13.9. The predicted molar refractivity (Wildman–Crippen MR) is 92.2 cm³/mol. The van der Waals surface area contributed by atoms with Crippen molar-refractivity contribution in [3.05, 3.63) is 77.9 Å². The molecule has 4 nitrogen and oxygen atoms in total. The smallest absolute Gasteiger partial charge is 0.227 e. The molecule has 2 aliphatic rings. The van der Waals surface area contributed by atoms with E-state index in [0.717, 1.165) is 11.1 Å². The summed E-state index contributed by atoms with van der Waals surface area (Å²) >= 11 is 0. The van der Waals surface area contributed by atoms with Crippen molar-refractivity contribution in [3.63, 3.8) is 0 Å². The van der Waals surface area contributed by atoms with E-state index in [0.29, 0.717) is 11.3 Å². The SMILES string of the molecule is C=C[C@]1(c2ccccc2)COC2Oc3ccc(C)cc3C(=O)C21C#N. The molecule has 2 unspecified atom stereocenters. The predicted octanol–water partition coefficient (Wildman–Crippen LogP) is 3.56. The summed E-state index contributed by atoms with van der Waals surface area (Å²) in [7, 11) is 0. The van der Waals surface area contributed by atoms with Crippen LogP contribution in [0.4, 0.5) is 0 Å². The Labute approximate surface area is 146 Å². The minimum Gasteiger partial charge on any atom is -0.462 e. The number of benzene rings is 2. The van der Waals surface area contributed by atoms with Crippen molar-refractivity contribution < 1.29 is 14.3 Å². The van der Waals surface area contributed by atoms with E-state index in [2.05, 4.69) is 12.6 Å². The van der Waals surface area contributed by atoms with Gasteiger partial charge in [-0.05, 0) is 24.6 Å². The highest BCUT2D eigenvalue weighted by Gasteiger charge is 2.69. The molecule has 0 bridgehead atoms. The van der Waals surface area contributed by atoms with E-state index < -0.39 is 17.1 Å². The van der Waals surface area contributed by atoms with Gasteiger partial charge in [-0.2, -0.15) is 5.26 Å². The van der Waals surface area contributed by atoms with Crippen molar-refractivity contribution in [3.8, 4) is 11.8 Å². The third-order valence-corrected chi connectivity index (χ3v) is 5.31. The van der Waals surface area contributed by atoms with Crippen molar-refractivity contribution in [1.82, 2.24) is 0 Å². The fourth-order valence-corrected chi connectivity index (χ4v) is 3.93. The van der Waals surface area contributed by atoms with Crippen molar-refractivity contribution in [2.24, 2.45) is 5.41 Å². The molecular weight excluding hydrogens is 314 g/mol. The van der Waals surface area contributed by atoms with Crippen LogP contribution in [0.5, 0.6) is 5.75 Å². The van der Waals surface area contributed by atoms with E-state index in [1.165, 1.54) is 0 Å². The molecule has 0 N–H and O–H groups in total. The van der Waals surface area contributed by atoms with E-state index >= 15 is 0 Å². The number of nitriles is 1. The van der Waals surface area contributed by atoms with Crippen LogP contribution in [0.25, 0.3) is 0 Å². The zero-order valence-corrected chi connectivity index (χ0v) is 13.9. The third kappa shape index (κ3) is 1.82. The van der Waals surface area contributed by atoms with Crippen LogP contribution in [0.3, 0.4) is 0 Å². The van der Waals surface area contributed by atoms with Crippen LogP contribution in [-0.2, 0) is 10.2 Å². The monoisotopic (exact) mass is 331 g/mol. The molecule has 2 aromatic carbocycles. The summed E-state index contributed by atoms with van der Waals surface area (Å²) < 4.78 is 11.8. The Bertz CT molecular complexity index is 914. The molecule has 0 spiro atoms. The summed E-state index contributed by atoms with van der Waals surface area (Å²) in [6.07, 6.45) is 0.701. The average molecular weight is 331 g/mol. The van der Waals surface area contributed by atoms with Crippen LogP contribution >= 0.6 is 0 Å². The first-order chi connectivity index (χ1) is 12.1. The van der Waals surface area contributed by atoms with E-state index in [1.54, 1.807) is 18.2 Å². The van der Waals surface area contributed by atoms with Crippen LogP contribution in [0.2, 0.25) is 0 Å². The lowest BCUT2D eigenvalue weighted by Gasteiger charge is -2.41. The maximum absolute atomic E-state index is 13.5. The number of Topliss-reactive ketones (excluding diaryl/α,β-unsaturated/α-hetero) is 1. The van der Waals surface area contributed by atoms with Crippen molar-refractivity contribution in [2.45, 2.75) is 18.6 Å². The first-order valence-electron chi connectivity index (χ1n) is 8.13. The molecule has 0 saturated carbocycles. The summed E-state index contributed by atoms with van der Waals surface area (Å²) in [5.74, 6) is 0.186. The number of fused-ring (bicyclic) bond motifs is 2. The molecule has 3 atom stereocenters. The molecule has 25 heavy (non-hydrogen) atoms. The van der Waals surface area contributed by atoms with E-state index in [1.807, 2.05) is 43.3 Å². The molecule has 0 aliphatic carbocycles. The topological polar surface area (TPSA) is 59.3 Å². The van der Waals surface area contributed by atoms with Crippen molar-refractivity contribution >= 4 is 5.78 Å². The Balaban J connectivity index is 1.99. The molecule has 1 fully saturated rings. The molecule has 2 heterocycles. The van der Waals surface area contributed by atoms with Crippen LogP contribution < -0.4 is 4.74 Å². The molecule has 4 heteroatoms. The Morgan fingerprint density at radius 3 is 2.72 bits per heavy atom. The lowest BCUT2D eigenvalue weighted by molar-refractivity contribution is -0.0777. The zero-order chi connectivity index (χ0) is 17.7. The number of carbonyl (C=O) groups is 1. The van der Waals surface area contributed by atoms with Gasteiger partial charge in [0.25, 0.3) is 0 Å². The van der Waals surface area contributed by atoms with Crippen LogP contribution in [0.1, 0.15) is 21.5 Å². The summed E-state index contributed by atoms with van der Waals surface area (Å²) in [4.78, 5) is 13.5. The van der Waals surface area contributed by atoms with Crippen molar-refractivity contribution in [2.75, 3.05) is 6.61 Å². The van der Waals surface area contributed by atoms with Crippen LogP contribution in [0, 0.1) is 23.7 Å². The summed E-state index contributed by atoms with van der Waals surface area (Å²) in [5, 5.41) is 10.2. The quantitative estimate of drug-likeness (QED) is 0.790. The number of nitrogens with zero attached hydrogens (tertiary/aromatic N) is 1. The second-order valence-electron chi connectivity index (χ2n) is 6.55. The fraction of sp³-hybridized carbons (Fsp3) is 0.238. The largest absolute Gasteiger partial charge is 0.462 e. The van der Waals surface area contributed by atoms with Gasteiger partial charge in [-0.25, -0.2) is 0 Å². The minimum atomic E-state index is -1.50. The Morgan fingerprint density at radius 2 is 2.04 bits per heavy atom. The fourth-order valence-electron chi connectivity index (χ4n) is 3.93. The molecular formula is C21H17NO3. The second kappa shape index (κ2) is 5.30. The summed E-state index contributed by atoms with van der Waals surface area (Å²) in [5.41, 5.74) is -0.291. The Morgan fingerprint density at radius 1 is 1.28 bits per heavy atom. The number of rotatable bonds is 2. The number of ether oxygens (including phenoxy) is 2. The van der Waals surface area contributed by atoms with Gasteiger partial charge in [-0.1, -0.05) is 48.0 Å². The minimum absolute atomic E-state index is 0.164. The summed E-state index contributed by atoms with van der Waals surface area (Å²) in [6, 6.07) is 17.1. The number of aryl methyl sites for hydroxylation is 1. The first-order valence-corrected chi connectivity index (χ1v) is 8.13. The Kier molecular flexibility index (Phi) is 3.31. The third-order valence-electron chi connectivity index (χ3n) is 5.31. The first kappa shape index (κ1) is 15.6. The van der Waals surface area contributed by atoms with Crippen molar-refractivity contribution in [1.29, 1.82) is 5.26 Å². The molecule has 4 rings (SSSR count). The number of hydrogen-bond acceptors (Lipinski definition) is 4. The van der Waals surface area contributed by atoms with E-state index in [-0.39, 0.29) is 12.4 Å². The van der Waals surface area contributed by atoms with Gasteiger partial charge < -0.3 is 9.47 Å². The van der Waals surface area contributed by atoms with E-state index in [9.17, 15) is 10.1 Å². The maximum Gasteiger partial charge on any atom is 0.227 e. The van der Waals surface area contributed by atoms with E-state index in [4.69, 9.17) is 9.47 Å². The van der Waals surface area contributed by atoms with Gasteiger partial charge in [0, 0.05) is 0 Å². The number of carbonyl (C=O) groups excluding carboxylic acids is 1. The molecule has 0 amide bonds. The normalized spacial score (nSPS) is 29.9. The number of ketones is 1. The second-order valence-corrected chi connectivity index (χ2v) is 6.55.